The molecule has 2 heteroatoms. The van der Waals surface area contributed by atoms with Gasteiger partial charge in [0.1, 0.15) is 0 Å². The summed E-state index contributed by atoms with van der Waals surface area (Å²) in [6.45, 7) is 5.56. The van der Waals surface area contributed by atoms with Crippen LogP contribution in [0.15, 0.2) is 22.7 Å². The van der Waals surface area contributed by atoms with E-state index in [1.807, 2.05) is 7.05 Å². The van der Waals surface area contributed by atoms with Crippen molar-refractivity contribution in [2.75, 3.05) is 13.6 Å². The highest BCUT2D eigenvalue weighted by Gasteiger charge is 2.10. The topological polar surface area (TPSA) is 12.0 Å². The van der Waals surface area contributed by atoms with Crippen molar-refractivity contribution in [2.24, 2.45) is 0 Å². The summed E-state index contributed by atoms with van der Waals surface area (Å²) in [5, 5.41) is 3.18. The number of halogens is 1. The van der Waals surface area contributed by atoms with Crippen molar-refractivity contribution in [1.82, 2.24) is 5.32 Å². The van der Waals surface area contributed by atoms with Crippen LogP contribution < -0.4 is 5.32 Å². The van der Waals surface area contributed by atoms with Crippen LogP contribution in [-0.2, 0) is 6.42 Å². The standard InChI is InChI=1S/C14H22BrN/c1-4-12(5-2)13-7-6-11(8-9-16-3)10-14(13)15/h6-7,10,12,16H,4-5,8-9H2,1-3H3. The van der Waals surface area contributed by atoms with Crippen LogP contribution in [0.5, 0.6) is 0 Å². The summed E-state index contributed by atoms with van der Waals surface area (Å²) in [6.07, 6.45) is 3.52. The maximum Gasteiger partial charge on any atom is 0.0212 e. The van der Waals surface area contributed by atoms with Gasteiger partial charge in [-0.25, -0.2) is 0 Å². The van der Waals surface area contributed by atoms with Gasteiger partial charge in [0.2, 0.25) is 0 Å². The van der Waals surface area contributed by atoms with Gasteiger partial charge < -0.3 is 5.32 Å². The van der Waals surface area contributed by atoms with E-state index in [-0.39, 0.29) is 0 Å². The van der Waals surface area contributed by atoms with Gasteiger partial charge in [0.05, 0.1) is 0 Å². The monoisotopic (exact) mass is 283 g/mol. The zero-order valence-electron chi connectivity index (χ0n) is 10.5. The molecule has 0 amide bonds. The summed E-state index contributed by atoms with van der Waals surface area (Å²) < 4.78 is 1.27. The third-order valence-electron chi connectivity index (χ3n) is 3.15. The molecule has 0 unspecified atom stereocenters. The first-order chi connectivity index (χ1) is 7.72. The summed E-state index contributed by atoms with van der Waals surface area (Å²) in [7, 11) is 1.99. The highest BCUT2D eigenvalue weighted by molar-refractivity contribution is 9.10. The molecule has 0 aliphatic carbocycles. The molecule has 0 saturated heterocycles. The average Bonchev–Trinajstić information content (AvgIpc) is 2.30. The molecular weight excluding hydrogens is 262 g/mol. The van der Waals surface area contributed by atoms with Crippen molar-refractivity contribution < 1.29 is 0 Å². The van der Waals surface area contributed by atoms with Crippen molar-refractivity contribution in [2.45, 2.75) is 39.0 Å². The molecule has 0 radical (unpaired) electrons. The van der Waals surface area contributed by atoms with Crippen molar-refractivity contribution in [3.63, 3.8) is 0 Å². The predicted molar refractivity (Wildman–Crippen MR) is 75.1 cm³/mol. The Bertz CT molecular complexity index is 319. The number of likely N-dealkylation sites (N-methyl/N-ethyl adjacent to an activating group) is 1. The first-order valence-corrected chi connectivity index (χ1v) is 6.95. The zero-order valence-corrected chi connectivity index (χ0v) is 12.1. The normalized spacial score (nSPS) is 11.1. The SMILES string of the molecule is CCC(CC)c1ccc(CCNC)cc1Br. The van der Waals surface area contributed by atoms with Crippen LogP contribution in [0, 0.1) is 0 Å². The van der Waals surface area contributed by atoms with E-state index >= 15 is 0 Å². The second-order valence-corrected chi connectivity index (χ2v) is 5.08. The van der Waals surface area contributed by atoms with E-state index in [4.69, 9.17) is 0 Å². The Hall–Kier alpha value is -0.340. The van der Waals surface area contributed by atoms with Gasteiger partial charge in [0.25, 0.3) is 0 Å². The Kier molecular flexibility index (Phi) is 6.07. The van der Waals surface area contributed by atoms with Crippen LogP contribution in [0.4, 0.5) is 0 Å². The van der Waals surface area contributed by atoms with Crippen LogP contribution in [0.25, 0.3) is 0 Å². The lowest BCUT2D eigenvalue weighted by atomic mass is 9.93. The lowest BCUT2D eigenvalue weighted by Crippen LogP contribution is -2.10. The first-order valence-electron chi connectivity index (χ1n) is 6.15. The second kappa shape index (κ2) is 7.08. The van der Waals surface area contributed by atoms with Crippen LogP contribution >= 0.6 is 15.9 Å². The van der Waals surface area contributed by atoms with E-state index in [9.17, 15) is 0 Å². The molecule has 1 nitrogen and oxygen atoms in total. The van der Waals surface area contributed by atoms with Gasteiger partial charge in [-0.3, -0.25) is 0 Å². The molecule has 16 heavy (non-hydrogen) atoms. The fourth-order valence-electron chi connectivity index (χ4n) is 2.06. The van der Waals surface area contributed by atoms with E-state index in [1.54, 1.807) is 0 Å². The summed E-state index contributed by atoms with van der Waals surface area (Å²) >= 11 is 3.70. The van der Waals surface area contributed by atoms with Crippen LogP contribution in [0.2, 0.25) is 0 Å². The van der Waals surface area contributed by atoms with Crippen LogP contribution in [-0.4, -0.2) is 13.6 Å². The molecule has 0 heterocycles. The molecule has 0 saturated carbocycles. The van der Waals surface area contributed by atoms with Crippen molar-refractivity contribution in [3.8, 4) is 0 Å². The number of hydrogen-bond acceptors (Lipinski definition) is 1. The Morgan fingerprint density at radius 2 is 1.94 bits per heavy atom. The number of hydrogen-bond donors (Lipinski definition) is 1. The van der Waals surface area contributed by atoms with Crippen LogP contribution in [0.3, 0.4) is 0 Å². The highest BCUT2D eigenvalue weighted by Crippen LogP contribution is 2.30. The molecule has 1 N–H and O–H groups in total. The maximum absolute atomic E-state index is 3.70. The molecule has 90 valence electrons. The van der Waals surface area contributed by atoms with Crippen molar-refractivity contribution in [1.29, 1.82) is 0 Å². The molecular formula is C14H22BrN. The third-order valence-corrected chi connectivity index (χ3v) is 3.84. The minimum atomic E-state index is 0.688. The van der Waals surface area contributed by atoms with Crippen molar-refractivity contribution >= 4 is 15.9 Å². The minimum Gasteiger partial charge on any atom is -0.319 e. The van der Waals surface area contributed by atoms with E-state index < -0.39 is 0 Å². The number of rotatable bonds is 6. The molecule has 0 aromatic heterocycles. The lowest BCUT2D eigenvalue weighted by molar-refractivity contribution is 0.639. The Morgan fingerprint density at radius 3 is 2.44 bits per heavy atom. The summed E-state index contributed by atoms with van der Waals surface area (Å²) in [5.74, 6) is 0.688. The fraction of sp³-hybridized carbons (Fsp3) is 0.571. The van der Waals surface area contributed by atoms with Crippen LogP contribution in [0.1, 0.15) is 43.7 Å². The lowest BCUT2D eigenvalue weighted by Gasteiger charge is -2.15. The molecule has 0 bridgehead atoms. The summed E-state index contributed by atoms with van der Waals surface area (Å²) in [5.41, 5.74) is 2.86. The van der Waals surface area contributed by atoms with Gasteiger partial charge >= 0.3 is 0 Å². The smallest absolute Gasteiger partial charge is 0.0212 e. The number of benzene rings is 1. The van der Waals surface area contributed by atoms with Gasteiger partial charge in [0, 0.05) is 4.47 Å². The van der Waals surface area contributed by atoms with Gasteiger partial charge in [0.15, 0.2) is 0 Å². The Morgan fingerprint density at radius 1 is 1.25 bits per heavy atom. The van der Waals surface area contributed by atoms with Gasteiger partial charge in [-0.2, -0.15) is 0 Å². The molecule has 0 atom stereocenters. The summed E-state index contributed by atoms with van der Waals surface area (Å²) in [6, 6.07) is 6.81. The van der Waals surface area contributed by atoms with E-state index in [0.717, 1.165) is 13.0 Å². The molecule has 0 aliphatic rings. The average molecular weight is 284 g/mol. The highest BCUT2D eigenvalue weighted by atomic mass is 79.9. The molecule has 0 spiro atoms. The quantitative estimate of drug-likeness (QED) is 0.828. The van der Waals surface area contributed by atoms with E-state index in [1.165, 1.54) is 28.4 Å². The number of nitrogens with one attached hydrogen (secondary N) is 1. The van der Waals surface area contributed by atoms with E-state index in [2.05, 4.69) is 53.3 Å². The Balaban J connectivity index is 2.82. The molecule has 1 aromatic rings. The zero-order chi connectivity index (χ0) is 12.0. The third kappa shape index (κ3) is 3.60. The Labute approximate surface area is 108 Å². The second-order valence-electron chi connectivity index (χ2n) is 4.22. The maximum atomic E-state index is 3.70. The summed E-state index contributed by atoms with van der Waals surface area (Å²) in [4.78, 5) is 0. The molecule has 1 rings (SSSR count). The van der Waals surface area contributed by atoms with Gasteiger partial charge in [-0.15, -0.1) is 0 Å². The molecule has 0 fully saturated rings. The predicted octanol–water partition coefficient (Wildman–Crippen LogP) is 4.11. The first kappa shape index (κ1) is 13.7. The van der Waals surface area contributed by atoms with Gasteiger partial charge in [-0.05, 0) is 56.0 Å². The fourth-order valence-corrected chi connectivity index (χ4v) is 2.81. The minimum absolute atomic E-state index is 0.688. The van der Waals surface area contributed by atoms with E-state index in [0.29, 0.717) is 5.92 Å². The largest absolute Gasteiger partial charge is 0.319 e. The molecule has 0 aliphatic heterocycles. The van der Waals surface area contributed by atoms with Gasteiger partial charge in [-0.1, -0.05) is 41.9 Å². The molecule has 1 aromatic carbocycles. The van der Waals surface area contributed by atoms with Crippen molar-refractivity contribution in [3.05, 3.63) is 33.8 Å².